The van der Waals surface area contributed by atoms with Crippen molar-refractivity contribution in [3.63, 3.8) is 0 Å². The van der Waals surface area contributed by atoms with Crippen molar-refractivity contribution in [1.29, 1.82) is 0 Å². The standard InChI is InChI=1S/C14H25N3O/c1-4-6-17(7-5-2)10-12-9-16-11(3)14(18)13(12)8-15/h9,18H,4-8,10,15H2,1-3H3. The van der Waals surface area contributed by atoms with Gasteiger partial charge in [-0.25, -0.2) is 0 Å². The molecule has 18 heavy (non-hydrogen) atoms. The normalized spacial score (nSPS) is 11.2. The Morgan fingerprint density at radius 1 is 1.28 bits per heavy atom. The maximum absolute atomic E-state index is 9.99. The van der Waals surface area contributed by atoms with Gasteiger partial charge in [-0.2, -0.15) is 0 Å². The van der Waals surface area contributed by atoms with Gasteiger partial charge in [-0.15, -0.1) is 0 Å². The van der Waals surface area contributed by atoms with Crippen LogP contribution < -0.4 is 5.73 Å². The van der Waals surface area contributed by atoms with E-state index in [4.69, 9.17) is 5.73 Å². The highest BCUT2D eigenvalue weighted by atomic mass is 16.3. The van der Waals surface area contributed by atoms with E-state index >= 15 is 0 Å². The van der Waals surface area contributed by atoms with Crippen molar-refractivity contribution >= 4 is 0 Å². The topological polar surface area (TPSA) is 62.4 Å². The van der Waals surface area contributed by atoms with E-state index in [1.54, 1.807) is 6.92 Å². The number of aromatic nitrogens is 1. The highest BCUT2D eigenvalue weighted by Crippen LogP contribution is 2.24. The summed E-state index contributed by atoms with van der Waals surface area (Å²) >= 11 is 0. The third-order valence-electron chi connectivity index (χ3n) is 3.11. The molecule has 3 N–H and O–H groups in total. The van der Waals surface area contributed by atoms with Gasteiger partial charge < -0.3 is 10.8 Å². The van der Waals surface area contributed by atoms with Crippen molar-refractivity contribution in [2.45, 2.75) is 46.7 Å². The third-order valence-corrected chi connectivity index (χ3v) is 3.11. The molecule has 0 unspecified atom stereocenters. The first kappa shape index (κ1) is 14.9. The summed E-state index contributed by atoms with van der Waals surface area (Å²) in [6, 6.07) is 0. The van der Waals surface area contributed by atoms with Crippen molar-refractivity contribution < 1.29 is 5.11 Å². The van der Waals surface area contributed by atoms with Gasteiger partial charge in [0.05, 0.1) is 5.69 Å². The van der Waals surface area contributed by atoms with Crippen LogP contribution in [0.4, 0.5) is 0 Å². The van der Waals surface area contributed by atoms with Gasteiger partial charge in [0, 0.05) is 24.8 Å². The molecule has 0 saturated carbocycles. The molecule has 0 aliphatic rings. The largest absolute Gasteiger partial charge is 0.506 e. The van der Waals surface area contributed by atoms with Gasteiger partial charge in [0.2, 0.25) is 0 Å². The Hall–Kier alpha value is -1.13. The first-order valence-corrected chi connectivity index (χ1v) is 6.72. The summed E-state index contributed by atoms with van der Waals surface area (Å²) in [4.78, 5) is 6.61. The molecule has 0 saturated heterocycles. The molecule has 1 rings (SSSR count). The fourth-order valence-electron chi connectivity index (χ4n) is 2.19. The second-order valence-electron chi connectivity index (χ2n) is 4.68. The summed E-state index contributed by atoms with van der Waals surface area (Å²) in [7, 11) is 0. The lowest BCUT2D eigenvalue weighted by molar-refractivity contribution is 0.265. The maximum Gasteiger partial charge on any atom is 0.141 e. The van der Waals surface area contributed by atoms with Crippen LogP contribution in [0.2, 0.25) is 0 Å². The van der Waals surface area contributed by atoms with E-state index in [2.05, 4.69) is 23.7 Å². The molecular weight excluding hydrogens is 226 g/mol. The minimum absolute atomic E-state index is 0.253. The molecule has 0 aliphatic heterocycles. The maximum atomic E-state index is 9.99. The molecular formula is C14H25N3O. The molecule has 4 nitrogen and oxygen atoms in total. The Kier molecular flexibility index (Phi) is 6.09. The fourth-order valence-corrected chi connectivity index (χ4v) is 2.19. The predicted molar refractivity (Wildman–Crippen MR) is 74.4 cm³/mol. The molecule has 0 amide bonds. The highest BCUT2D eigenvalue weighted by Gasteiger charge is 2.13. The monoisotopic (exact) mass is 251 g/mol. The molecule has 0 radical (unpaired) electrons. The number of aryl methyl sites for hydroxylation is 1. The molecule has 0 spiro atoms. The lowest BCUT2D eigenvalue weighted by Gasteiger charge is -2.22. The first-order chi connectivity index (χ1) is 8.63. The Morgan fingerprint density at radius 2 is 1.89 bits per heavy atom. The molecule has 0 fully saturated rings. The highest BCUT2D eigenvalue weighted by molar-refractivity contribution is 5.40. The van der Waals surface area contributed by atoms with E-state index in [9.17, 15) is 5.11 Å². The van der Waals surface area contributed by atoms with Crippen LogP contribution in [-0.4, -0.2) is 28.1 Å². The number of hydrogen-bond acceptors (Lipinski definition) is 4. The quantitative estimate of drug-likeness (QED) is 0.779. The van der Waals surface area contributed by atoms with Crippen molar-refractivity contribution in [2.24, 2.45) is 5.73 Å². The average Bonchev–Trinajstić information content (AvgIpc) is 2.35. The molecule has 1 aromatic heterocycles. The van der Waals surface area contributed by atoms with Crippen molar-refractivity contribution in [3.8, 4) is 5.75 Å². The van der Waals surface area contributed by atoms with Gasteiger partial charge in [0.25, 0.3) is 0 Å². The summed E-state index contributed by atoms with van der Waals surface area (Å²) in [5, 5.41) is 9.99. The summed E-state index contributed by atoms with van der Waals surface area (Å²) in [5.74, 6) is 0.253. The average molecular weight is 251 g/mol. The van der Waals surface area contributed by atoms with Crippen molar-refractivity contribution in [1.82, 2.24) is 9.88 Å². The van der Waals surface area contributed by atoms with E-state index in [1.807, 2.05) is 6.20 Å². The number of hydrogen-bond donors (Lipinski definition) is 2. The van der Waals surface area contributed by atoms with Gasteiger partial charge >= 0.3 is 0 Å². The van der Waals surface area contributed by atoms with E-state index < -0.39 is 0 Å². The van der Waals surface area contributed by atoms with Crippen LogP contribution >= 0.6 is 0 Å². The Labute approximate surface area is 110 Å². The van der Waals surface area contributed by atoms with Gasteiger partial charge in [-0.3, -0.25) is 9.88 Å². The number of rotatable bonds is 7. The smallest absolute Gasteiger partial charge is 0.141 e. The summed E-state index contributed by atoms with van der Waals surface area (Å²) in [5.41, 5.74) is 8.26. The second-order valence-corrected chi connectivity index (χ2v) is 4.68. The van der Waals surface area contributed by atoms with Gasteiger partial charge in [0.1, 0.15) is 5.75 Å². The first-order valence-electron chi connectivity index (χ1n) is 6.72. The molecule has 0 atom stereocenters. The van der Waals surface area contributed by atoms with E-state index in [1.165, 1.54) is 0 Å². The van der Waals surface area contributed by atoms with Gasteiger partial charge in [-0.1, -0.05) is 13.8 Å². The second kappa shape index (κ2) is 7.34. The van der Waals surface area contributed by atoms with E-state index in [0.29, 0.717) is 12.2 Å². The van der Waals surface area contributed by atoms with Crippen LogP contribution in [0.15, 0.2) is 6.20 Å². The predicted octanol–water partition coefficient (Wildman–Crippen LogP) is 2.18. The van der Waals surface area contributed by atoms with Crippen molar-refractivity contribution in [3.05, 3.63) is 23.0 Å². The SMILES string of the molecule is CCCN(CCC)Cc1cnc(C)c(O)c1CN. The molecule has 1 heterocycles. The summed E-state index contributed by atoms with van der Waals surface area (Å²) in [6.45, 7) is 9.45. The fraction of sp³-hybridized carbons (Fsp3) is 0.643. The Morgan fingerprint density at radius 3 is 2.39 bits per heavy atom. The van der Waals surface area contributed by atoms with E-state index in [0.717, 1.165) is 43.6 Å². The number of nitrogens with two attached hydrogens (primary N) is 1. The summed E-state index contributed by atoms with van der Waals surface area (Å²) < 4.78 is 0. The molecule has 1 aromatic rings. The Balaban J connectivity index is 2.91. The molecule has 4 heteroatoms. The zero-order valence-electron chi connectivity index (χ0n) is 11.7. The van der Waals surface area contributed by atoms with Gasteiger partial charge in [-0.05, 0) is 38.4 Å². The molecule has 0 aliphatic carbocycles. The van der Waals surface area contributed by atoms with Crippen LogP contribution in [0.25, 0.3) is 0 Å². The molecule has 102 valence electrons. The lowest BCUT2D eigenvalue weighted by atomic mass is 10.1. The zero-order chi connectivity index (χ0) is 13.5. The number of pyridine rings is 1. The van der Waals surface area contributed by atoms with Crippen LogP contribution in [0.3, 0.4) is 0 Å². The number of nitrogens with zero attached hydrogens (tertiary/aromatic N) is 2. The molecule has 0 bridgehead atoms. The third kappa shape index (κ3) is 3.68. The number of aromatic hydroxyl groups is 1. The molecule has 0 aromatic carbocycles. The van der Waals surface area contributed by atoms with Gasteiger partial charge in [0.15, 0.2) is 0 Å². The van der Waals surface area contributed by atoms with Crippen molar-refractivity contribution in [2.75, 3.05) is 13.1 Å². The van der Waals surface area contributed by atoms with Crippen LogP contribution in [0.1, 0.15) is 43.5 Å². The van der Waals surface area contributed by atoms with E-state index in [-0.39, 0.29) is 5.75 Å². The van der Waals surface area contributed by atoms with Crippen LogP contribution in [0.5, 0.6) is 5.75 Å². The Bertz CT molecular complexity index is 374. The zero-order valence-corrected chi connectivity index (χ0v) is 11.7. The lowest BCUT2D eigenvalue weighted by Crippen LogP contribution is -2.26. The minimum atomic E-state index is 0.253. The van der Waals surface area contributed by atoms with Crippen LogP contribution in [0, 0.1) is 6.92 Å². The minimum Gasteiger partial charge on any atom is -0.506 e. The summed E-state index contributed by atoms with van der Waals surface area (Å²) in [6.07, 6.45) is 4.10. The van der Waals surface area contributed by atoms with Crippen LogP contribution in [-0.2, 0) is 13.1 Å².